The standard InChI is InChI=1S/C13H17BrN4O2/c1-3-4-5-15-11(19)8-18-12-10(17(2)13(18)20)6-9(14)7-16-12/h6-7H,3-5,8H2,1-2H3,(H,15,19). The van der Waals surface area contributed by atoms with Gasteiger partial charge in [0.15, 0.2) is 5.65 Å². The number of nitrogens with zero attached hydrogens (tertiary/aromatic N) is 3. The molecule has 2 rings (SSSR count). The predicted octanol–water partition coefficient (Wildman–Crippen LogP) is 1.41. The molecule has 20 heavy (non-hydrogen) atoms. The molecule has 7 heteroatoms. The summed E-state index contributed by atoms with van der Waals surface area (Å²) < 4.78 is 3.68. The molecular weight excluding hydrogens is 324 g/mol. The van der Waals surface area contributed by atoms with Crippen molar-refractivity contribution in [3.05, 3.63) is 27.2 Å². The van der Waals surface area contributed by atoms with Crippen molar-refractivity contribution in [1.29, 1.82) is 0 Å². The molecule has 6 nitrogen and oxygen atoms in total. The quantitative estimate of drug-likeness (QED) is 0.836. The van der Waals surface area contributed by atoms with Gasteiger partial charge in [-0.25, -0.2) is 9.78 Å². The molecule has 0 aromatic carbocycles. The van der Waals surface area contributed by atoms with Gasteiger partial charge in [0.25, 0.3) is 0 Å². The number of hydrogen-bond donors (Lipinski definition) is 1. The molecule has 108 valence electrons. The average Bonchev–Trinajstić information content (AvgIpc) is 2.64. The Hall–Kier alpha value is -1.63. The number of aryl methyl sites for hydroxylation is 1. The third-order valence-corrected chi connectivity index (χ3v) is 3.54. The normalized spacial score (nSPS) is 10.9. The monoisotopic (exact) mass is 340 g/mol. The van der Waals surface area contributed by atoms with Gasteiger partial charge in [0.2, 0.25) is 5.91 Å². The van der Waals surface area contributed by atoms with E-state index in [1.54, 1.807) is 13.2 Å². The molecule has 0 unspecified atom stereocenters. The minimum absolute atomic E-state index is 0.00544. The number of aromatic nitrogens is 3. The molecule has 0 atom stereocenters. The molecule has 0 spiro atoms. The first kappa shape index (κ1) is 14.8. The Balaban J connectivity index is 2.28. The summed E-state index contributed by atoms with van der Waals surface area (Å²) >= 11 is 3.33. The van der Waals surface area contributed by atoms with Gasteiger partial charge in [0.05, 0.1) is 5.52 Å². The maximum atomic E-state index is 12.2. The Morgan fingerprint density at radius 3 is 2.95 bits per heavy atom. The molecule has 0 radical (unpaired) electrons. The van der Waals surface area contributed by atoms with Crippen molar-refractivity contribution in [1.82, 2.24) is 19.4 Å². The van der Waals surface area contributed by atoms with E-state index < -0.39 is 0 Å². The fourth-order valence-corrected chi connectivity index (χ4v) is 2.32. The Kier molecular flexibility index (Phi) is 4.59. The third-order valence-electron chi connectivity index (χ3n) is 3.10. The number of pyridine rings is 1. The van der Waals surface area contributed by atoms with Crippen LogP contribution >= 0.6 is 15.9 Å². The van der Waals surface area contributed by atoms with Crippen LogP contribution in [0.3, 0.4) is 0 Å². The number of hydrogen-bond acceptors (Lipinski definition) is 3. The van der Waals surface area contributed by atoms with E-state index in [1.807, 2.05) is 6.07 Å². The largest absolute Gasteiger partial charge is 0.355 e. The molecule has 2 aromatic heterocycles. The fourth-order valence-electron chi connectivity index (χ4n) is 2.00. The van der Waals surface area contributed by atoms with E-state index >= 15 is 0 Å². The first-order valence-corrected chi connectivity index (χ1v) is 7.31. The van der Waals surface area contributed by atoms with E-state index in [-0.39, 0.29) is 18.1 Å². The third kappa shape index (κ3) is 2.92. The second-order valence-corrected chi connectivity index (χ2v) is 5.54. The van der Waals surface area contributed by atoms with Crippen LogP contribution in [0.15, 0.2) is 21.5 Å². The molecule has 0 aliphatic carbocycles. The van der Waals surface area contributed by atoms with E-state index in [0.717, 1.165) is 17.3 Å². The van der Waals surface area contributed by atoms with Crippen LogP contribution in [0.2, 0.25) is 0 Å². The van der Waals surface area contributed by atoms with Crippen molar-refractivity contribution in [3.8, 4) is 0 Å². The van der Waals surface area contributed by atoms with Gasteiger partial charge in [0.1, 0.15) is 6.54 Å². The zero-order valence-electron chi connectivity index (χ0n) is 11.5. The minimum Gasteiger partial charge on any atom is -0.355 e. The van der Waals surface area contributed by atoms with Crippen LogP contribution < -0.4 is 11.0 Å². The molecule has 2 aromatic rings. The highest BCUT2D eigenvalue weighted by Gasteiger charge is 2.14. The molecule has 0 aliphatic heterocycles. The molecule has 0 bridgehead atoms. The molecule has 0 fully saturated rings. The van der Waals surface area contributed by atoms with Crippen LogP contribution in [0.25, 0.3) is 11.2 Å². The summed E-state index contributed by atoms with van der Waals surface area (Å²) in [7, 11) is 1.67. The summed E-state index contributed by atoms with van der Waals surface area (Å²) in [6, 6.07) is 1.81. The van der Waals surface area contributed by atoms with Crippen molar-refractivity contribution in [2.24, 2.45) is 7.05 Å². The Bertz CT molecular complexity index is 689. The average molecular weight is 341 g/mol. The van der Waals surface area contributed by atoms with Crippen molar-refractivity contribution >= 4 is 33.0 Å². The van der Waals surface area contributed by atoms with Gasteiger partial charge in [0, 0.05) is 24.3 Å². The zero-order valence-corrected chi connectivity index (χ0v) is 13.1. The zero-order chi connectivity index (χ0) is 14.7. The number of rotatable bonds is 5. The lowest BCUT2D eigenvalue weighted by atomic mass is 10.3. The van der Waals surface area contributed by atoms with E-state index in [4.69, 9.17) is 0 Å². The summed E-state index contributed by atoms with van der Waals surface area (Å²) in [5, 5.41) is 2.80. The molecular formula is C13H17BrN4O2. The summed E-state index contributed by atoms with van der Waals surface area (Å²) in [5.41, 5.74) is 0.980. The van der Waals surface area contributed by atoms with Crippen LogP contribution in [-0.2, 0) is 18.4 Å². The molecule has 0 aliphatic rings. The van der Waals surface area contributed by atoms with E-state index in [0.29, 0.717) is 17.7 Å². The lowest BCUT2D eigenvalue weighted by molar-refractivity contribution is -0.121. The highest BCUT2D eigenvalue weighted by molar-refractivity contribution is 9.10. The summed E-state index contributed by atoms with van der Waals surface area (Å²) in [5.74, 6) is -0.169. The molecule has 1 amide bonds. The van der Waals surface area contributed by atoms with Crippen LogP contribution in [0.1, 0.15) is 19.8 Å². The molecule has 0 saturated carbocycles. The van der Waals surface area contributed by atoms with Crippen LogP contribution in [0.4, 0.5) is 0 Å². The lowest BCUT2D eigenvalue weighted by Crippen LogP contribution is -2.33. The van der Waals surface area contributed by atoms with Crippen LogP contribution in [0.5, 0.6) is 0 Å². The summed E-state index contributed by atoms with van der Waals surface area (Å²) in [4.78, 5) is 28.2. The first-order chi connectivity index (χ1) is 9.54. The van der Waals surface area contributed by atoms with Gasteiger partial charge in [-0.15, -0.1) is 0 Å². The number of amides is 1. The van der Waals surface area contributed by atoms with Crippen molar-refractivity contribution < 1.29 is 4.79 Å². The van der Waals surface area contributed by atoms with E-state index in [9.17, 15) is 9.59 Å². The van der Waals surface area contributed by atoms with E-state index in [1.165, 1.54) is 9.13 Å². The molecule has 2 heterocycles. The highest BCUT2D eigenvalue weighted by Crippen LogP contribution is 2.15. The Morgan fingerprint density at radius 2 is 2.25 bits per heavy atom. The summed E-state index contributed by atoms with van der Waals surface area (Å²) in [6.07, 6.45) is 3.57. The van der Waals surface area contributed by atoms with Crippen LogP contribution in [-0.4, -0.2) is 26.6 Å². The number of carbonyl (C=O) groups is 1. The number of carbonyl (C=O) groups excluding carboxylic acids is 1. The number of fused-ring (bicyclic) bond motifs is 1. The minimum atomic E-state index is -0.240. The van der Waals surface area contributed by atoms with Gasteiger partial charge in [-0.05, 0) is 28.4 Å². The first-order valence-electron chi connectivity index (χ1n) is 6.52. The Morgan fingerprint density at radius 1 is 1.50 bits per heavy atom. The van der Waals surface area contributed by atoms with Crippen molar-refractivity contribution in [2.75, 3.05) is 6.54 Å². The smallest absolute Gasteiger partial charge is 0.330 e. The second-order valence-electron chi connectivity index (χ2n) is 4.63. The fraction of sp³-hybridized carbons (Fsp3) is 0.462. The number of nitrogens with one attached hydrogen (secondary N) is 1. The van der Waals surface area contributed by atoms with Gasteiger partial charge in [-0.3, -0.25) is 13.9 Å². The topological polar surface area (TPSA) is 68.9 Å². The lowest BCUT2D eigenvalue weighted by Gasteiger charge is -2.04. The van der Waals surface area contributed by atoms with Gasteiger partial charge in [-0.2, -0.15) is 0 Å². The second kappa shape index (κ2) is 6.21. The van der Waals surface area contributed by atoms with Gasteiger partial charge >= 0.3 is 5.69 Å². The maximum absolute atomic E-state index is 12.2. The number of imidazole rings is 1. The van der Waals surface area contributed by atoms with Gasteiger partial charge < -0.3 is 5.32 Å². The Labute approximate surface area is 124 Å². The number of halogens is 1. The van der Waals surface area contributed by atoms with Crippen molar-refractivity contribution in [3.63, 3.8) is 0 Å². The summed E-state index contributed by atoms with van der Waals surface area (Å²) in [6.45, 7) is 2.69. The van der Waals surface area contributed by atoms with E-state index in [2.05, 4.69) is 33.2 Å². The number of unbranched alkanes of at least 4 members (excludes halogenated alkanes) is 1. The highest BCUT2D eigenvalue weighted by atomic mass is 79.9. The van der Waals surface area contributed by atoms with Crippen LogP contribution in [0, 0.1) is 0 Å². The maximum Gasteiger partial charge on any atom is 0.330 e. The van der Waals surface area contributed by atoms with Crippen molar-refractivity contribution in [2.45, 2.75) is 26.3 Å². The predicted molar refractivity (Wildman–Crippen MR) is 80.6 cm³/mol. The SMILES string of the molecule is CCCCNC(=O)Cn1c(=O)n(C)c2cc(Br)cnc21. The molecule has 1 N–H and O–H groups in total. The molecule has 0 saturated heterocycles. The van der Waals surface area contributed by atoms with Gasteiger partial charge in [-0.1, -0.05) is 13.3 Å².